The van der Waals surface area contributed by atoms with Crippen LogP contribution in [0.5, 0.6) is 5.75 Å². The zero-order valence-corrected chi connectivity index (χ0v) is 17.3. The Balaban J connectivity index is 1.57. The van der Waals surface area contributed by atoms with Gasteiger partial charge in [0.05, 0.1) is 6.61 Å². The number of carbonyl (C=O) groups excluding carboxylic acids is 1. The molecule has 28 heavy (non-hydrogen) atoms. The highest BCUT2D eigenvalue weighted by molar-refractivity contribution is 7.91. The van der Waals surface area contributed by atoms with Crippen molar-refractivity contribution in [2.45, 2.75) is 29.6 Å². The molecule has 1 amide bonds. The molecule has 7 nitrogen and oxygen atoms in total. The maximum Gasteiger partial charge on any atom is 0.253 e. The number of hydrogen-bond donors (Lipinski definition) is 1. The summed E-state index contributed by atoms with van der Waals surface area (Å²) in [5, 5.41) is 4.58. The highest BCUT2D eigenvalue weighted by Crippen LogP contribution is 2.28. The molecule has 0 aliphatic carbocycles. The van der Waals surface area contributed by atoms with Crippen molar-refractivity contribution in [1.82, 2.24) is 9.62 Å². The Kier molecular flexibility index (Phi) is 7.06. The Morgan fingerprint density at radius 3 is 2.71 bits per heavy atom. The molecule has 0 radical (unpaired) electrons. The van der Waals surface area contributed by atoms with Gasteiger partial charge in [0, 0.05) is 20.2 Å². The van der Waals surface area contributed by atoms with Gasteiger partial charge in [0.2, 0.25) is 5.91 Å². The molecule has 1 atom stereocenters. The van der Waals surface area contributed by atoms with Gasteiger partial charge in [0.25, 0.3) is 10.0 Å². The van der Waals surface area contributed by atoms with E-state index in [1.807, 2.05) is 24.3 Å². The number of rotatable bonds is 9. The lowest BCUT2D eigenvalue weighted by atomic mass is 10.2. The first kappa shape index (κ1) is 20.8. The van der Waals surface area contributed by atoms with Crippen molar-refractivity contribution in [3.63, 3.8) is 0 Å². The Hall–Kier alpha value is -1.94. The number of sulfonamides is 1. The Morgan fingerprint density at radius 1 is 1.25 bits per heavy atom. The summed E-state index contributed by atoms with van der Waals surface area (Å²) in [6.45, 7) is 1.69. The minimum absolute atomic E-state index is 0.266. The standard InChI is InChI=1S/C19H24N2O5S2/c1-25-11-12-26-16-8-6-15(7-9-16)14-20-19(22)17-4-2-10-21(17)28(23,24)18-5-3-13-27-18/h3,5-9,13,17H,2,4,10-12,14H2,1H3,(H,20,22)/t17-/m0/s1. The molecule has 1 fully saturated rings. The van der Waals surface area contributed by atoms with Crippen LogP contribution < -0.4 is 10.1 Å². The smallest absolute Gasteiger partial charge is 0.253 e. The summed E-state index contributed by atoms with van der Waals surface area (Å²) in [5.74, 6) is 0.467. The first-order valence-corrected chi connectivity index (χ1v) is 11.4. The largest absolute Gasteiger partial charge is 0.491 e. The molecule has 1 aromatic heterocycles. The lowest BCUT2D eigenvalue weighted by Crippen LogP contribution is -2.45. The quantitative estimate of drug-likeness (QED) is 0.624. The summed E-state index contributed by atoms with van der Waals surface area (Å²) in [7, 11) is -2.01. The third-order valence-corrected chi connectivity index (χ3v) is 7.79. The summed E-state index contributed by atoms with van der Waals surface area (Å²) in [5.41, 5.74) is 0.915. The second kappa shape index (κ2) is 9.51. The minimum Gasteiger partial charge on any atom is -0.491 e. The molecule has 152 valence electrons. The lowest BCUT2D eigenvalue weighted by Gasteiger charge is -2.22. The monoisotopic (exact) mass is 424 g/mol. The van der Waals surface area contributed by atoms with E-state index in [2.05, 4.69) is 5.32 Å². The van der Waals surface area contributed by atoms with E-state index < -0.39 is 16.1 Å². The first-order chi connectivity index (χ1) is 13.5. The van der Waals surface area contributed by atoms with Crippen molar-refractivity contribution in [1.29, 1.82) is 0 Å². The van der Waals surface area contributed by atoms with E-state index in [0.29, 0.717) is 39.1 Å². The number of thiophene rings is 1. The highest BCUT2D eigenvalue weighted by atomic mass is 32.2. The fourth-order valence-electron chi connectivity index (χ4n) is 3.07. The van der Waals surface area contributed by atoms with Crippen LogP contribution >= 0.6 is 11.3 Å². The van der Waals surface area contributed by atoms with Gasteiger partial charge in [-0.25, -0.2) is 8.42 Å². The van der Waals surface area contributed by atoms with Crippen molar-refractivity contribution in [3.05, 3.63) is 47.3 Å². The predicted molar refractivity (Wildman–Crippen MR) is 107 cm³/mol. The molecule has 1 aliphatic rings. The topological polar surface area (TPSA) is 84.9 Å². The van der Waals surface area contributed by atoms with E-state index in [-0.39, 0.29) is 10.1 Å². The number of nitrogens with one attached hydrogen (secondary N) is 1. The van der Waals surface area contributed by atoms with E-state index in [9.17, 15) is 13.2 Å². The second-order valence-electron chi connectivity index (χ2n) is 6.41. The molecule has 1 aromatic carbocycles. The molecule has 0 unspecified atom stereocenters. The van der Waals surface area contributed by atoms with E-state index in [1.165, 1.54) is 15.6 Å². The van der Waals surface area contributed by atoms with Gasteiger partial charge in [-0.1, -0.05) is 18.2 Å². The molecule has 2 aromatic rings. The third kappa shape index (κ3) is 4.91. The van der Waals surface area contributed by atoms with Crippen molar-refractivity contribution < 1.29 is 22.7 Å². The molecule has 3 rings (SSSR count). The summed E-state index contributed by atoms with van der Waals surface area (Å²) in [6.07, 6.45) is 1.21. The van der Waals surface area contributed by atoms with Crippen LogP contribution in [-0.4, -0.2) is 51.5 Å². The van der Waals surface area contributed by atoms with Gasteiger partial charge in [-0.3, -0.25) is 4.79 Å². The van der Waals surface area contributed by atoms with E-state index in [0.717, 1.165) is 11.3 Å². The summed E-state index contributed by atoms with van der Waals surface area (Å²) in [6, 6.07) is 10.0. The first-order valence-electron chi connectivity index (χ1n) is 9.06. The molecular weight excluding hydrogens is 400 g/mol. The molecule has 0 saturated carbocycles. The Bertz CT molecular complexity index is 866. The average molecular weight is 425 g/mol. The maximum absolute atomic E-state index is 12.8. The normalized spacial score (nSPS) is 17.5. The van der Waals surface area contributed by atoms with Crippen molar-refractivity contribution in [3.8, 4) is 5.75 Å². The molecule has 2 heterocycles. The molecular formula is C19H24N2O5S2. The number of carbonyl (C=O) groups is 1. The molecule has 1 aliphatic heterocycles. The van der Waals surface area contributed by atoms with Gasteiger partial charge >= 0.3 is 0 Å². The van der Waals surface area contributed by atoms with Gasteiger partial charge in [-0.2, -0.15) is 4.31 Å². The van der Waals surface area contributed by atoms with Gasteiger partial charge in [0.15, 0.2) is 0 Å². The van der Waals surface area contributed by atoms with Gasteiger partial charge < -0.3 is 14.8 Å². The van der Waals surface area contributed by atoms with E-state index in [4.69, 9.17) is 9.47 Å². The van der Waals surface area contributed by atoms with Crippen LogP contribution in [0.2, 0.25) is 0 Å². The predicted octanol–water partition coefficient (Wildman–Crippen LogP) is 2.24. The van der Waals surface area contributed by atoms with Crippen LogP contribution in [0, 0.1) is 0 Å². The minimum atomic E-state index is -3.63. The SMILES string of the molecule is COCCOc1ccc(CNC(=O)[C@@H]2CCCN2S(=O)(=O)c2cccs2)cc1. The van der Waals surface area contributed by atoms with Crippen LogP contribution in [0.4, 0.5) is 0 Å². The Labute approximate surface area is 169 Å². The van der Waals surface area contributed by atoms with Crippen LogP contribution in [0.25, 0.3) is 0 Å². The van der Waals surface area contributed by atoms with Crippen molar-refractivity contribution in [2.75, 3.05) is 26.9 Å². The van der Waals surface area contributed by atoms with Crippen molar-refractivity contribution in [2.24, 2.45) is 0 Å². The number of hydrogen-bond acceptors (Lipinski definition) is 6. The van der Waals surface area contributed by atoms with Gasteiger partial charge in [0.1, 0.15) is 22.6 Å². The van der Waals surface area contributed by atoms with Gasteiger partial charge in [-0.15, -0.1) is 11.3 Å². The van der Waals surface area contributed by atoms with E-state index >= 15 is 0 Å². The third-order valence-electron chi connectivity index (χ3n) is 4.51. The number of ether oxygens (including phenoxy) is 2. The number of amides is 1. The molecule has 0 bridgehead atoms. The highest BCUT2D eigenvalue weighted by Gasteiger charge is 2.39. The average Bonchev–Trinajstić information content (AvgIpc) is 3.39. The zero-order chi connectivity index (χ0) is 20.0. The van der Waals surface area contributed by atoms with Crippen LogP contribution in [-0.2, 0) is 26.1 Å². The number of methoxy groups -OCH3 is 1. The molecule has 9 heteroatoms. The maximum atomic E-state index is 12.8. The molecule has 1 saturated heterocycles. The fraction of sp³-hybridized carbons (Fsp3) is 0.421. The molecule has 1 N–H and O–H groups in total. The number of nitrogens with zero attached hydrogens (tertiary/aromatic N) is 1. The Morgan fingerprint density at radius 2 is 2.04 bits per heavy atom. The molecule has 0 spiro atoms. The van der Waals surface area contributed by atoms with Crippen molar-refractivity contribution >= 4 is 27.3 Å². The zero-order valence-electron chi connectivity index (χ0n) is 15.7. The van der Waals surface area contributed by atoms with Crippen LogP contribution in [0.15, 0.2) is 46.0 Å². The fourth-order valence-corrected chi connectivity index (χ4v) is 5.85. The summed E-state index contributed by atoms with van der Waals surface area (Å²) >= 11 is 1.17. The van der Waals surface area contributed by atoms with Gasteiger partial charge in [-0.05, 0) is 42.0 Å². The lowest BCUT2D eigenvalue weighted by molar-refractivity contribution is -0.124. The summed E-state index contributed by atoms with van der Waals surface area (Å²) < 4.78 is 37.6. The second-order valence-corrected chi connectivity index (χ2v) is 9.47. The van der Waals surface area contributed by atoms with E-state index in [1.54, 1.807) is 24.6 Å². The van der Waals surface area contributed by atoms with Crippen LogP contribution in [0.1, 0.15) is 18.4 Å². The summed E-state index contributed by atoms with van der Waals surface area (Å²) in [4.78, 5) is 12.6. The number of benzene rings is 1. The van der Waals surface area contributed by atoms with Crippen LogP contribution in [0.3, 0.4) is 0 Å².